The van der Waals surface area contributed by atoms with E-state index in [0.717, 1.165) is 17.8 Å². The molecule has 2 aliphatic carbocycles. The largest absolute Gasteiger partial charge is 0.271 e. The van der Waals surface area contributed by atoms with Crippen molar-refractivity contribution in [2.75, 3.05) is 0 Å². The molecule has 2 heteroatoms. The lowest BCUT2D eigenvalue weighted by molar-refractivity contribution is 0.170. The number of hydrazine groups is 1. The van der Waals surface area contributed by atoms with E-state index in [4.69, 9.17) is 5.84 Å². The van der Waals surface area contributed by atoms with Gasteiger partial charge in [-0.25, -0.2) is 0 Å². The fourth-order valence-electron chi connectivity index (χ4n) is 3.77. The van der Waals surface area contributed by atoms with Gasteiger partial charge in [0.15, 0.2) is 0 Å². The molecule has 100 valence electrons. The van der Waals surface area contributed by atoms with E-state index in [1.54, 1.807) is 0 Å². The van der Waals surface area contributed by atoms with Gasteiger partial charge in [-0.1, -0.05) is 51.9 Å². The van der Waals surface area contributed by atoms with Crippen molar-refractivity contribution in [3.05, 3.63) is 0 Å². The van der Waals surface area contributed by atoms with Crippen LogP contribution in [0, 0.1) is 17.8 Å². The van der Waals surface area contributed by atoms with Crippen LogP contribution in [0.4, 0.5) is 0 Å². The summed E-state index contributed by atoms with van der Waals surface area (Å²) in [5.41, 5.74) is 3.12. The second-order valence-electron chi connectivity index (χ2n) is 6.38. The van der Waals surface area contributed by atoms with E-state index >= 15 is 0 Å². The standard InChI is InChI=1S/C15H30N2/c1-2-4-12-7-9-14(10-8-12)15(17-16)11-13-5-3-6-13/h12-15,17H,2-11,16H2,1H3. The first-order chi connectivity index (χ1) is 8.33. The van der Waals surface area contributed by atoms with Crippen LogP contribution in [0.3, 0.4) is 0 Å². The van der Waals surface area contributed by atoms with Crippen LogP contribution >= 0.6 is 0 Å². The van der Waals surface area contributed by atoms with Crippen LogP contribution in [0.25, 0.3) is 0 Å². The van der Waals surface area contributed by atoms with Crippen LogP contribution < -0.4 is 11.3 Å². The molecule has 0 aliphatic heterocycles. The van der Waals surface area contributed by atoms with Crippen molar-refractivity contribution in [1.29, 1.82) is 0 Å². The van der Waals surface area contributed by atoms with Crippen LogP contribution in [0.15, 0.2) is 0 Å². The van der Waals surface area contributed by atoms with Gasteiger partial charge in [0.25, 0.3) is 0 Å². The molecular weight excluding hydrogens is 208 g/mol. The third-order valence-electron chi connectivity index (χ3n) is 5.18. The Morgan fingerprint density at radius 1 is 1.06 bits per heavy atom. The molecular formula is C15H30N2. The summed E-state index contributed by atoms with van der Waals surface area (Å²) in [6, 6.07) is 0.600. The molecule has 0 saturated heterocycles. The van der Waals surface area contributed by atoms with E-state index in [2.05, 4.69) is 12.3 Å². The maximum Gasteiger partial charge on any atom is 0.0241 e. The van der Waals surface area contributed by atoms with Crippen LogP contribution in [-0.4, -0.2) is 6.04 Å². The molecule has 1 unspecified atom stereocenters. The number of nitrogens with two attached hydrogens (primary N) is 1. The molecule has 0 aromatic carbocycles. The minimum Gasteiger partial charge on any atom is -0.271 e. The van der Waals surface area contributed by atoms with Crippen molar-refractivity contribution in [2.45, 2.75) is 77.2 Å². The molecule has 2 aliphatic rings. The van der Waals surface area contributed by atoms with E-state index in [1.807, 2.05) is 0 Å². The van der Waals surface area contributed by atoms with Crippen molar-refractivity contribution < 1.29 is 0 Å². The summed E-state index contributed by atoms with van der Waals surface area (Å²) in [6.45, 7) is 2.31. The van der Waals surface area contributed by atoms with Gasteiger partial charge >= 0.3 is 0 Å². The van der Waals surface area contributed by atoms with E-state index in [9.17, 15) is 0 Å². The summed E-state index contributed by atoms with van der Waals surface area (Å²) in [6.07, 6.45) is 14.2. The van der Waals surface area contributed by atoms with Gasteiger partial charge in [-0.05, 0) is 37.0 Å². The maximum absolute atomic E-state index is 5.77. The zero-order chi connectivity index (χ0) is 12.1. The van der Waals surface area contributed by atoms with Crippen molar-refractivity contribution in [1.82, 2.24) is 5.43 Å². The molecule has 1 atom stereocenters. The van der Waals surface area contributed by atoms with Gasteiger partial charge in [0.1, 0.15) is 0 Å². The molecule has 0 aromatic rings. The second kappa shape index (κ2) is 6.75. The lowest BCUT2D eigenvalue weighted by Crippen LogP contribution is -2.44. The van der Waals surface area contributed by atoms with Crippen LogP contribution in [0.1, 0.15) is 71.1 Å². The number of nitrogens with one attached hydrogen (secondary N) is 1. The summed E-state index contributed by atoms with van der Waals surface area (Å²) in [5.74, 6) is 8.62. The number of hydrogen-bond donors (Lipinski definition) is 2. The third-order valence-corrected chi connectivity index (χ3v) is 5.18. The molecule has 0 aromatic heterocycles. The molecule has 2 fully saturated rings. The average molecular weight is 238 g/mol. The van der Waals surface area contributed by atoms with E-state index in [-0.39, 0.29) is 0 Å². The maximum atomic E-state index is 5.77. The topological polar surface area (TPSA) is 38.0 Å². The fraction of sp³-hybridized carbons (Fsp3) is 1.00. The first kappa shape index (κ1) is 13.4. The number of hydrogen-bond acceptors (Lipinski definition) is 2. The van der Waals surface area contributed by atoms with Crippen molar-refractivity contribution in [2.24, 2.45) is 23.6 Å². The van der Waals surface area contributed by atoms with Gasteiger partial charge in [0.05, 0.1) is 0 Å². The van der Waals surface area contributed by atoms with Crippen LogP contribution in [0.2, 0.25) is 0 Å². The van der Waals surface area contributed by atoms with Gasteiger partial charge in [0.2, 0.25) is 0 Å². The van der Waals surface area contributed by atoms with Crippen molar-refractivity contribution in [3.8, 4) is 0 Å². The molecule has 0 radical (unpaired) electrons. The third kappa shape index (κ3) is 3.69. The highest BCUT2D eigenvalue weighted by Crippen LogP contribution is 2.37. The molecule has 2 saturated carbocycles. The van der Waals surface area contributed by atoms with Crippen LogP contribution in [-0.2, 0) is 0 Å². The van der Waals surface area contributed by atoms with Crippen molar-refractivity contribution in [3.63, 3.8) is 0 Å². The first-order valence-electron chi connectivity index (χ1n) is 7.79. The second-order valence-corrected chi connectivity index (χ2v) is 6.38. The van der Waals surface area contributed by atoms with Crippen LogP contribution in [0.5, 0.6) is 0 Å². The molecule has 3 N–H and O–H groups in total. The molecule has 17 heavy (non-hydrogen) atoms. The Bertz CT molecular complexity index is 205. The monoisotopic (exact) mass is 238 g/mol. The predicted octanol–water partition coefficient (Wildman–Crippen LogP) is 3.62. The Balaban J connectivity index is 1.72. The quantitative estimate of drug-likeness (QED) is 0.548. The van der Waals surface area contributed by atoms with E-state index in [0.29, 0.717) is 6.04 Å². The minimum absolute atomic E-state index is 0.600. The SMILES string of the molecule is CCCC1CCC(C(CC2CCC2)NN)CC1. The summed E-state index contributed by atoms with van der Waals surface area (Å²) < 4.78 is 0. The summed E-state index contributed by atoms with van der Waals surface area (Å²) >= 11 is 0. The van der Waals surface area contributed by atoms with Gasteiger partial charge < -0.3 is 0 Å². The highest BCUT2D eigenvalue weighted by atomic mass is 15.2. The van der Waals surface area contributed by atoms with Crippen molar-refractivity contribution >= 4 is 0 Å². The normalized spacial score (nSPS) is 32.1. The van der Waals surface area contributed by atoms with E-state index < -0.39 is 0 Å². The zero-order valence-electron chi connectivity index (χ0n) is 11.5. The molecule has 0 amide bonds. The summed E-state index contributed by atoms with van der Waals surface area (Å²) in [5, 5.41) is 0. The van der Waals surface area contributed by atoms with E-state index in [1.165, 1.54) is 64.2 Å². The number of rotatable bonds is 6. The van der Waals surface area contributed by atoms with Gasteiger partial charge in [-0.3, -0.25) is 11.3 Å². The molecule has 0 bridgehead atoms. The zero-order valence-corrected chi connectivity index (χ0v) is 11.5. The highest BCUT2D eigenvalue weighted by molar-refractivity contribution is 4.84. The fourth-order valence-corrected chi connectivity index (χ4v) is 3.77. The van der Waals surface area contributed by atoms with Gasteiger partial charge in [-0.2, -0.15) is 0 Å². The molecule has 0 heterocycles. The van der Waals surface area contributed by atoms with Gasteiger partial charge in [-0.15, -0.1) is 0 Å². The Morgan fingerprint density at radius 2 is 1.76 bits per heavy atom. The Labute approximate surface area is 107 Å². The molecule has 2 nitrogen and oxygen atoms in total. The average Bonchev–Trinajstić information content (AvgIpc) is 2.30. The van der Waals surface area contributed by atoms with Gasteiger partial charge in [0, 0.05) is 6.04 Å². The summed E-state index contributed by atoms with van der Waals surface area (Å²) in [7, 11) is 0. The highest BCUT2D eigenvalue weighted by Gasteiger charge is 2.30. The minimum atomic E-state index is 0.600. The lowest BCUT2D eigenvalue weighted by Gasteiger charge is -2.37. The predicted molar refractivity (Wildman–Crippen MR) is 73.4 cm³/mol. The Morgan fingerprint density at radius 3 is 2.24 bits per heavy atom. The lowest BCUT2D eigenvalue weighted by atomic mass is 9.72. The molecule has 2 rings (SSSR count). The summed E-state index contributed by atoms with van der Waals surface area (Å²) in [4.78, 5) is 0. The Hall–Kier alpha value is -0.0800. The molecule has 0 spiro atoms. The first-order valence-corrected chi connectivity index (χ1v) is 7.79. The Kier molecular flexibility index (Phi) is 5.30. The smallest absolute Gasteiger partial charge is 0.0241 e.